The Hall–Kier alpha value is -0.835. The van der Waals surface area contributed by atoms with Crippen LogP contribution in [0.2, 0.25) is 0 Å². The molecule has 3 nitrogen and oxygen atoms in total. The zero-order valence-corrected chi connectivity index (χ0v) is 6.57. The maximum atomic E-state index is 8.81. The van der Waals surface area contributed by atoms with Crippen molar-refractivity contribution in [3.8, 4) is 0 Å². The van der Waals surface area contributed by atoms with Gasteiger partial charge in [0, 0.05) is 12.6 Å². The molecule has 2 rings (SSSR count). The van der Waals surface area contributed by atoms with Gasteiger partial charge in [-0.3, -0.25) is 0 Å². The van der Waals surface area contributed by atoms with Gasteiger partial charge in [-0.2, -0.15) is 0 Å². The minimum atomic E-state index is -1.36. The molecule has 12 heavy (non-hydrogen) atoms. The normalized spacial score (nSPS) is 20.7. The minimum Gasteiger partial charge on any atom is -0.423 e. The standard InChI is InChI=1S/C8H10BNO2/c11-9(12)7-3-1-6(2-4-7)8-5-10-8/h1-4,8,10-12H,5H2. The van der Waals surface area contributed by atoms with Crippen molar-refractivity contribution >= 4 is 12.6 Å². The third kappa shape index (κ3) is 1.50. The minimum absolute atomic E-state index is 0.481. The van der Waals surface area contributed by atoms with E-state index in [1.807, 2.05) is 12.1 Å². The van der Waals surface area contributed by atoms with Crippen molar-refractivity contribution in [1.82, 2.24) is 5.32 Å². The van der Waals surface area contributed by atoms with Gasteiger partial charge in [0.2, 0.25) is 0 Å². The van der Waals surface area contributed by atoms with Gasteiger partial charge in [0.15, 0.2) is 0 Å². The van der Waals surface area contributed by atoms with E-state index in [2.05, 4.69) is 5.32 Å². The first-order chi connectivity index (χ1) is 5.77. The van der Waals surface area contributed by atoms with E-state index >= 15 is 0 Å². The number of hydrogen-bond donors (Lipinski definition) is 3. The van der Waals surface area contributed by atoms with Gasteiger partial charge in [-0.1, -0.05) is 24.3 Å². The van der Waals surface area contributed by atoms with Crippen molar-refractivity contribution in [3.05, 3.63) is 29.8 Å². The van der Waals surface area contributed by atoms with Crippen LogP contribution in [0.15, 0.2) is 24.3 Å². The van der Waals surface area contributed by atoms with Gasteiger partial charge in [0.05, 0.1) is 0 Å². The molecule has 1 aromatic carbocycles. The molecule has 0 bridgehead atoms. The largest absolute Gasteiger partial charge is 0.488 e. The highest BCUT2D eigenvalue weighted by Gasteiger charge is 2.22. The molecule has 0 radical (unpaired) electrons. The van der Waals surface area contributed by atoms with Crippen molar-refractivity contribution in [1.29, 1.82) is 0 Å². The molecule has 0 aromatic heterocycles. The monoisotopic (exact) mass is 163 g/mol. The third-order valence-electron chi connectivity index (χ3n) is 2.05. The summed E-state index contributed by atoms with van der Waals surface area (Å²) in [7, 11) is -1.36. The SMILES string of the molecule is OB(O)c1ccc(C2CN2)cc1. The quantitative estimate of drug-likeness (QED) is 0.387. The summed E-state index contributed by atoms with van der Waals surface area (Å²) in [6.07, 6.45) is 0. The van der Waals surface area contributed by atoms with E-state index in [0.29, 0.717) is 11.5 Å². The molecule has 0 aliphatic carbocycles. The summed E-state index contributed by atoms with van der Waals surface area (Å²) in [5, 5.41) is 20.8. The van der Waals surface area contributed by atoms with Gasteiger partial charge < -0.3 is 15.4 Å². The van der Waals surface area contributed by atoms with Gasteiger partial charge in [0.25, 0.3) is 0 Å². The van der Waals surface area contributed by atoms with Crippen LogP contribution in [-0.2, 0) is 0 Å². The van der Waals surface area contributed by atoms with E-state index in [9.17, 15) is 0 Å². The van der Waals surface area contributed by atoms with Crippen LogP contribution in [0.4, 0.5) is 0 Å². The highest BCUT2D eigenvalue weighted by atomic mass is 16.4. The molecule has 0 amide bonds. The second kappa shape index (κ2) is 2.90. The van der Waals surface area contributed by atoms with E-state index in [1.54, 1.807) is 12.1 Å². The number of nitrogens with one attached hydrogen (secondary N) is 1. The number of benzene rings is 1. The zero-order chi connectivity index (χ0) is 8.55. The summed E-state index contributed by atoms with van der Waals surface area (Å²) in [5.74, 6) is 0. The summed E-state index contributed by atoms with van der Waals surface area (Å²) in [6, 6.07) is 7.79. The summed E-state index contributed by atoms with van der Waals surface area (Å²) in [6.45, 7) is 1.03. The average molecular weight is 163 g/mol. The van der Waals surface area contributed by atoms with Crippen molar-refractivity contribution in [2.75, 3.05) is 6.54 Å². The number of hydrogen-bond acceptors (Lipinski definition) is 3. The van der Waals surface area contributed by atoms with Gasteiger partial charge in [-0.05, 0) is 11.0 Å². The van der Waals surface area contributed by atoms with Gasteiger partial charge in [-0.25, -0.2) is 0 Å². The van der Waals surface area contributed by atoms with Crippen LogP contribution in [-0.4, -0.2) is 23.7 Å². The van der Waals surface area contributed by atoms with E-state index in [-0.39, 0.29) is 0 Å². The van der Waals surface area contributed by atoms with E-state index in [1.165, 1.54) is 5.56 Å². The Balaban J connectivity index is 2.18. The number of rotatable bonds is 2. The Bertz CT molecular complexity index is 248. The molecule has 0 saturated carbocycles. The Kier molecular flexibility index (Phi) is 1.88. The fourth-order valence-corrected chi connectivity index (χ4v) is 1.20. The van der Waals surface area contributed by atoms with Crippen LogP contribution in [0.25, 0.3) is 0 Å². The van der Waals surface area contributed by atoms with Crippen molar-refractivity contribution in [3.63, 3.8) is 0 Å². The molecule has 3 N–H and O–H groups in total. The highest BCUT2D eigenvalue weighted by Crippen LogP contribution is 2.19. The van der Waals surface area contributed by atoms with Crippen molar-refractivity contribution < 1.29 is 10.0 Å². The van der Waals surface area contributed by atoms with E-state index in [0.717, 1.165) is 6.54 Å². The molecule has 62 valence electrons. The molecular formula is C8H10BNO2. The molecule has 1 heterocycles. The summed E-state index contributed by atoms with van der Waals surface area (Å²) in [5.41, 5.74) is 1.75. The van der Waals surface area contributed by atoms with Crippen LogP contribution < -0.4 is 10.8 Å². The highest BCUT2D eigenvalue weighted by molar-refractivity contribution is 6.58. The first-order valence-corrected chi connectivity index (χ1v) is 3.97. The second-order valence-corrected chi connectivity index (χ2v) is 3.00. The zero-order valence-electron chi connectivity index (χ0n) is 6.57. The van der Waals surface area contributed by atoms with Gasteiger partial charge in [0.1, 0.15) is 0 Å². The molecule has 1 atom stereocenters. The lowest BCUT2D eigenvalue weighted by molar-refractivity contribution is 0.426. The summed E-state index contributed by atoms with van der Waals surface area (Å²) in [4.78, 5) is 0. The van der Waals surface area contributed by atoms with E-state index in [4.69, 9.17) is 10.0 Å². The van der Waals surface area contributed by atoms with Gasteiger partial charge >= 0.3 is 7.12 Å². The first-order valence-electron chi connectivity index (χ1n) is 3.97. The Morgan fingerprint density at radius 3 is 2.25 bits per heavy atom. The molecule has 1 aliphatic rings. The molecule has 4 heteroatoms. The molecular weight excluding hydrogens is 153 g/mol. The Morgan fingerprint density at radius 2 is 1.83 bits per heavy atom. The van der Waals surface area contributed by atoms with Crippen LogP contribution >= 0.6 is 0 Å². The smallest absolute Gasteiger partial charge is 0.423 e. The molecule has 0 spiro atoms. The molecule has 1 aromatic rings. The molecule has 1 fully saturated rings. The lowest BCUT2D eigenvalue weighted by Gasteiger charge is -2.00. The summed E-state index contributed by atoms with van der Waals surface area (Å²) >= 11 is 0. The average Bonchev–Trinajstić information content (AvgIpc) is 2.87. The van der Waals surface area contributed by atoms with Crippen LogP contribution in [0, 0.1) is 0 Å². The molecule has 1 saturated heterocycles. The fourth-order valence-electron chi connectivity index (χ4n) is 1.20. The van der Waals surface area contributed by atoms with Crippen molar-refractivity contribution in [2.24, 2.45) is 0 Å². The fraction of sp³-hybridized carbons (Fsp3) is 0.250. The topological polar surface area (TPSA) is 62.4 Å². The van der Waals surface area contributed by atoms with Gasteiger partial charge in [-0.15, -0.1) is 0 Å². The molecule has 1 unspecified atom stereocenters. The Labute approximate surface area is 71.2 Å². The predicted molar refractivity (Wildman–Crippen MR) is 47.0 cm³/mol. The van der Waals surface area contributed by atoms with E-state index < -0.39 is 7.12 Å². The summed E-state index contributed by atoms with van der Waals surface area (Å²) < 4.78 is 0. The molecule has 1 aliphatic heterocycles. The second-order valence-electron chi connectivity index (χ2n) is 3.00. The van der Waals surface area contributed by atoms with Crippen LogP contribution in [0.1, 0.15) is 11.6 Å². The third-order valence-corrected chi connectivity index (χ3v) is 2.05. The van der Waals surface area contributed by atoms with Crippen LogP contribution in [0.3, 0.4) is 0 Å². The van der Waals surface area contributed by atoms with Crippen molar-refractivity contribution in [2.45, 2.75) is 6.04 Å². The lowest BCUT2D eigenvalue weighted by Crippen LogP contribution is -2.29. The van der Waals surface area contributed by atoms with Crippen LogP contribution in [0.5, 0.6) is 0 Å². The predicted octanol–water partition coefficient (Wildman–Crippen LogP) is -0.989. The Morgan fingerprint density at radius 1 is 1.25 bits per heavy atom. The maximum Gasteiger partial charge on any atom is 0.488 e. The lowest BCUT2D eigenvalue weighted by atomic mass is 9.80. The first kappa shape index (κ1) is 7.80. The maximum absolute atomic E-state index is 8.81.